The van der Waals surface area contributed by atoms with Gasteiger partial charge in [-0.05, 0) is 64.3 Å². The smallest absolute Gasteiger partial charge is 0.257 e. The molecule has 0 spiro atoms. The third kappa shape index (κ3) is 7.06. The molecule has 1 atom stereocenters. The Morgan fingerprint density at radius 2 is 1.97 bits per heavy atom. The van der Waals surface area contributed by atoms with E-state index in [2.05, 4.69) is 26.1 Å². The third-order valence-electron chi connectivity index (χ3n) is 6.17. The molecule has 1 aliphatic rings. The number of hydrogen-bond acceptors (Lipinski definition) is 7. The van der Waals surface area contributed by atoms with Gasteiger partial charge in [-0.1, -0.05) is 23.7 Å². The maximum atomic E-state index is 12.8. The number of anilines is 1. The number of halogens is 2. The van der Waals surface area contributed by atoms with E-state index in [1.165, 1.54) is 18.2 Å². The monoisotopic (exact) mass is 622 g/mol. The summed E-state index contributed by atoms with van der Waals surface area (Å²) in [4.78, 5) is 15.0. The van der Waals surface area contributed by atoms with Gasteiger partial charge in [0.25, 0.3) is 5.91 Å². The number of carbonyl (C=O) groups is 1. The summed E-state index contributed by atoms with van der Waals surface area (Å²) < 4.78 is 35.9. The van der Waals surface area contributed by atoms with Crippen LogP contribution in [0, 0.1) is 0 Å². The van der Waals surface area contributed by atoms with Crippen LogP contribution in [-0.2, 0) is 23.0 Å². The fraction of sp³-hybridized carbons (Fsp3) is 0.296. The Balaban J connectivity index is 1.47. The average molecular weight is 624 g/mol. The second-order valence-electron chi connectivity index (χ2n) is 9.13. The van der Waals surface area contributed by atoms with Gasteiger partial charge < -0.3 is 19.9 Å². The van der Waals surface area contributed by atoms with Crippen LogP contribution in [0.1, 0.15) is 27.9 Å². The van der Waals surface area contributed by atoms with Gasteiger partial charge in [0.1, 0.15) is 18.1 Å². The summed E-state index contributed by atoms with van der Waals surface area (Å²) in [6.07, 6.45) is 1.52. The molecule has 0 bridgehead atoms. The summed E-state index contributed by atoms with van der Waals surface area (Å²) in [5, 5.41) is 12.7. The Morgan fingerprint density at radius 1 is 1.18 bits per heavy atom. The highest BCUT2D eigenvalue weighted by Gasteiger charge is 2.22. The highest BCUT2D eigenvalue weighted by molar-refractivity contribution is 9.10. The van der Waals surface area contributed by atoms with Gasteiger partial charge in [-0.15, -0.1) is 0 Å². The zero-order chi connectivity index (χ0) is 27.4. The predicted octanol–water partition coefficient (Wildman–Crippen LogP) is 4.91. The lowest BCUT2D eigenvalue weighted by molar-refractivity contribution is 0.102. The van der Waals surface area contributed by atoms with E-state index in [9.17, 15) is 18.3 Å². The number of nitrogens with one attached hydrogen (secondary N) is 1. The number of aliphatic hydroxyl groups is 1. The average Bonchev–Trinajstić information content (AvgIpc) is 3.27. The molecule has 4 rings (SSSR count). The number of amides is 1. The van der Waals surface area contributed by atoms with Crippen molar-refractivity contribution in [2.24, 2.45) is 0 Å². The zero-order valence-corrected chi connectivity index (χ0v) is 24.1. The van der Waals surface area contributed by atoms with E-state index in [1.807, 2.05) is 18.2 Å². The molecule has 1 fully saturated rings. The number of benzene rings is 3. The number of methoxy groups -OCH3 is 1. The zero-order valence-electron chi connectivity index (χ0n) is 20.9. The van der Waals surface area contributed by atoms with Gasteiger partial charge in [0.2, 0.25) is 0 Å². The van der Waals surface area contributed by atoms with Crippen molar-refractivity contribution in [3.8, 4) is 11.5 Å². The lowest BCUT2D eigenvalue weighted by atomic mass is 10.1. The van der Waals surface area contributed by atoms with Gasteiger partial charge in [0, 0.05) is 43.2 Å². The van der Waals surface area contributed by atoms with Crippen LogP contribution < -0.4 is 14.8 Å². The first-order chi connectivity index (χ1) is 18.0. The third-order valence-corrected chi connectivity index (χ3v) is 8.21. The van der Waals surface area contributed by atoms with Crippen LogP contribution in [0.2, 0.25) is 5.02 Å². The molecule has 1 saturated heterocycles. The number of likely N-dealkylation sites (tertiary alicyclic amines) is 1. The van der Waals surface area contributed by atoms with Gasteiger partial charge in [0.05, 0.1) is 33.2 Å². The molecule has 11 heteroatoms. The van der Waals surface area contributed by atoms with Crippen LogP contribution in [0.15, 0.2) is 64.0 Å². The molecule has 3 aromatic rings. The van der Waals surface area contributed by atoms with Gasteiger partial charge in [-0.25, -0.2) is 8.42 Å². The number of nitrogens with zero attached hydrogens (tertiary/aromatic N) is 1. The summed E-state index contributed by atoms with van der Waals surface area (Å²) in [6, 6.07) is 15.0. The molecule has 1 amide bonds. The van der Waals surface area contributed by atoms with E-state index in [0.717, 1.165) is 34.8 Å². The van der Waals surface area contributed by atoms with Crippen molar-refractivity contribution in [2.45, 2.75) is 30.6 Å². The maximum absolute atomic E-state index is 12.8. The molecular weight excluding hydrogens is 596 g/mol. The Bertz CT molecular complexity index is 1450. The molecule has 1 aliphatic heterocycles. The topological polar surface area (TPSA) is 105 Å². The lowest BCUT2D eigenvalue weighted by Crippen LogP contribution is -2.22. The van der Waals surface area contributed by atoms with Gasteiger partial charge in [0.15, 0.2) is 9.84 Å². The normalized spacial score (nSPS) is 15.9. The summed E-state index contributed by atoms with van der Waals surface area (Å²) in [6.45, 7) is 2.30. The Labute approximate surface area is 235 Å². The quantitative estimate of drug-likeness (QED) is 0.349. The van der Waals surface area contributed by atoms with Crippen LogP contribution >= 0.6 is 27.5 Å². The number of aliphatic hydroxyl groups excluding tert-OH is 1. The summed E-state index contributed by atoms with van der Waals surface area (Å²) in [5.41, 5.74) is 2.49. The van der Waals surface area contributed by atoms with E-state index in [4.69, 9.17) is 21.1 Å². The lowest BCUT2D eigenvalue weighted by Gasteiger charge is -2.19. The van der Waals surface area contributed by atoms with E-state index in [-0.39, 0.29) is 28.2 Å². The second kappa shape index (κ2) is 12.0. The first-order valence-corrected chi connectivity index (χ1v) is 14.9. The molecule has 1 heterocycles. The van der Waals surface area contributed by atoms with Crippen molar-refractivity contribution in [1.82, 2.24) is 4.90 Å². The molecule has 0 aromatic heterocycles. The molecule has 0 unspecified atom stereocenters. The number of β-amino-alcohol motifs (C(OH)–C–C–N with tert-alkyl or cyclic N) is 1. The standard InChI is InChI=1S/C27H28BrClN2O6S/c1-36-26-13-25(18(11-23(26)28)14-31-9-8-20(32)15-31)37-16-17-4-3-5-19(10-17)30-27(33)22-7-6-21(12-24(22)29)38(2,34)35/h3-7,10-13,20,32H,8-9,14-16H2,1-2H3,(H,30,33)/t20-/m0/s1. The van der Waals surface area contributed by atoms with Gasteiger partial charge in [-0.3, -0.25) is 9.69 Å². The Kier molecular flexibility index (Phi) is 9.00. The van der Waals surface area contributed by atoms with Crippen molar-refractivity contribution >= 4 is 49.0 Å². The first kappa shape index (κ1) is 28.4. The van der Waals surface area contributed by atoms with E-state index in [1.54, 1.807) is 25.3 Å². The van der Waals surface area contributed by atoms with E-state index < -0.39 is 15.7 Å². The first-order valence-electron chi connectivity index (χ1n) is 11.8. The van der Waals surface area contributed by atoms with Crippen molar-refractivity contribution in [2.75, 3.05) is 31.8 Å². The minimum absolute atomic E-state index is 0.0445. The Hall–Kier alpha value is -2.63. The van der Waals surface area contributed by atoms with Crippen molar-refractivity contribution in [1.29, 1.82) is 0 Å². The van der Waals surface area contributed by atoms with Crippen molar-refractivity contribution < 1.29 is 27.8 Å². The molecule has 2 N–H and O–H groups in total. The number of rotatable bonds is 9. The number of hydrogen-bond donors (Lipinski definition) is 2. The highest BCUT2D eigenvalue weighted by atomic mass is 79.9. The molecule has 0 aliphatic carbocycles. The summed E-state index contributed by atoms with van der Waals surface area (Å²) in [5.74, 6) is 0.851. The highest BCUT2D eigenvalue weighted by Crippen LogP contribution is 2.35. The summed E-state index contributed by atoms with van der Waals surface area (Å²) in [7, 11) is -1.84. The van der Waals surface area contributed by atoms with Crippen molar-refractivity contribution in [3.63, 3.8) is 0 Å². The number of carbonyl (C=O) groups excluding carboxylic acids is 1. The fourth-order valence-corrected chi connectivity index (χ4v) is 5.73. The molecule has 0 radical (unpaired) electrons. The van der Waals surface area contributed by atoms with Gasteiger partial charge in [-0.2, -0.15) is 0 Å². The summed E-state index contributed by atoms with van der Waals surface area (Å²) >= 11 is 9.73. The maximum Gasteiger partial charge on any atom is 0.257 e. The van der Waals surface area contributed by atoms with E-state index >= 15 is 0 Å². The largest absolute Gasteiger partial charge is 0.495 e. The molecule has 38 heavy (non-hydrogen) atoms. The molecule has 0 saturated carbocycles. The van der Waals surface area contributed by atoms with Crippen LogP contribution in [0.3, 0.4) is 0 Å². The second-order valence-corrected chi connectivity index (χ2v) is 12.4. The van der Waals surface area contributed by atoms with Crippen LogP contribution in [0.4, 0.5) is 5.69 Å². The molecule has 3 aromatic carbocycles. The van der Waals surface area contributed by atoms with E-state index in [0.29, 0.717) is 30.3 Å². The Morgan fingerprint density at radius 3 is 2.63 bits per heavy atom. The number of ether oxygens (including phenoxy) is 2. The van der Waals surface area contributed by atoms with Crippen LogP contribution in [0.5, 0.6) is 11.5 Å². The predicted molar refractivity (Wildman–Crippen MR) is 150 cm³/mol. The molecular formula is C27H28BrClN2O6S. The molecule has 8 nitrogen and oxygen atoms in total. The minimum atomic E-state index is -3.44. The minimum Gasteiger partial charge on any atom is -0.495 e. The van der Waals surface area contributed by atoms with Crippen molar-refractivity contribution in [3.05, 3.63) is 80.8 Å². The van der Waals surface area contributed by atoms with Gasteiger partial charge >= 0.3 is 0 Å². The van der Waals surface area contributed by atoms with Crippen LogP contribution in [-0.4, -0.2) is 56.9 Å². The SMILES string of the molecule is COc1cc(OCc2cccc(NC(=O)c3ccc(S(C)(=O)=O)cc3Cl)c2)c(CN2CC[C@H](O)C2)cc1Br. The van der Waals surface area contributed by atoms with Crippen LogP contribution in [0.25, 0.3) is 0 Å². The number of sulfone groups is 1. The fourth-order valence-electron chi connectivity index (χ4n) is 4.20. The molecule has 202 valence electrons.